The summed E-state index contributed by atoms with van der Waals surface area (Å²) in [6.45, 7) is 7.17. The molecule has 0 unspecified atom stereocenters. The Morgan fingerprint density at radius 3 is 2.71 bits per heavy atom. The number of ether oxygens (including phenoxy) is 1. The van der Waals surface area contributed by atoms with Gasteiger partial charge in [-0.1, -0.05) is 0 Å². The third-order valence-electron chi connectivity index (χ3n) is 1.77. The number of anilines is 1. The molecule has 1 aromatic heterocycles. The molecule has 1 aromatic rings. The standard InChI is InChI=1S/C11H16N2O3S/c1-7-8(5-6-14)17-9(12-7)13-10(15)16-11(2,3)4/h6H,5H2,1-4H3,(H,12,13,15). The van der Waals surface area contributed by atoms with Gasteiger partial charge in [-0.2, -0.15) is 0 Å². The molecule has 1 rings (SSSR count). The van der Waals surface area contributed by atoms with Gasteiger partial charge in [0.15, 0.2) is 5.13 Å². The monoisotopic (exact) mass is 256 g/mol. The van der Waals surface area contributed by atoms with Gasteiger partial charge in [-0.25, -0.2) is 9.78 Å². The molecule has 0 saturated carbocycles. The minimum absolute atomic E-state index is 0.319. The summed E-state index contributed by atoms with van der Waals surface area (Å²) >= 11 is 1.28. The Kier molecular flexibility index (Phi) is 4.22. The SMILES string of the molecule is Cc1nc(NC(=O)OC(C)(C)C)sc1CC=O. The largest absolute Gasteiger partial charge is 0.444 e. The molecule has 0 aliphatic rings. The molecule has 1 amide bonds. The number of carbonyl (C=O) groups is 2. The number of thiazole rings is 1. The first-order chi connectivity index (χ1) is 7.81. The van der Waals surface area contributed by atoms with Gasteiger partial charge in [0.25, 0.3) is 0 Å². The summed E-state index contributed by atoms with van der Waals surface area (Å²) in [6.07, 6.45) is 0.598. The number of hydrogen-bond donors (Lipinski definition) is 1. The maximum Gasteiger partial charge on any atom is 0.413 e. The van der Waals surface area contributed by atoms with E-state index in [2.05, 4.69) is 10.3 Å². The van der Waals surface area contributed by atoms with Crippen LogP contribution in [-0.2, 0) is 16.0 Å². The van der Waals surface area contributed by atoms with Crippen molar-refractivity contribution >= 4 is 28.8 Å². The van der Waals surface area contributed by atoms with Crippen LogP contribution >= 0.6 is 11.3 Å². The highest BCUT2D eigenvalue weighted by atomic mass is 32.1. The Morgan fingerprint density at radius 1 is 1.53 bits per heavy atom. The average molecular weight is 256 g/mol. The highest BCUT2D eigenvalue weighted by Gasteiger charge is 2.17. The van der Waals surface area contributed by atoms with Crippen LogP contribution in [-0.4, -0.2) is 23.0 Å². The number of nitrogens with zero attached hydrogens (tertiary/aromatic N) is 1. The fraction of sp³-hybridized carbons (Fsp3) is 0.545. The van der Waals surface area contributed by atoms with E-state index < -0.39 is 11.7 Å². The van der Waals surface area contributed by atoms with Crippen LogP contribution < -0.4 is 5.32 Å². The van der Waals surface area contributed by atoms with Gasteiger partial charge in [-0.05, 0) is 27.7 Å². The van der Waals surface area contributed by atoms with E-state index in [-0.39, 0.29) is 0 Å². The minimum Gasteiger partial charge on any atom is -0.444 e. The lowest BCUT2D eigenvalue weighted by atomic mass is 10.2. The molecule has 0 atom stereocenters. The minimum atomic E-state index is -0.540. The van der Waals surface area contributed by atoms with Gasteiger partial charge in [0.05, 0.1) is 5.69 Å². The van der Waals surface area contributed by atoms with Crippen LogP contribution in [0.25, 0.3) is 0 Å². The summed E-state index contributed by atoms with van der Waals surface area (Å²) in [6, 6.07) is 0. The maximum absolute atomic E-state index is 11.5. The van der Waals surface area contributed by atoms with Crippen LogP contribution in [0.3, 0.4) is 0 Å². The molecule has 17 heavy (non-hydrogen) atoms. The van der Waals surface area contributed by atoms with Crippen LogP contribution in [0.1, 0.15) is 31.3 Å². The Labute approximate surface area is 104 Å². The Balaban J connectivity index is 2.66. The lowest BCUT2D eigenvalue weighted by Crippen LogP contribution is -2.27. The fourth-order valence-electron chi connectivity index (χ4n) is 1.14. The molecular formula is C11H16N2O3S. The number of carbonyl (C=O) groups excluding carboxylic acids is 2. The smallest absolute Gasteiger partial charge is 0.413 e. The van der Waals surface area contributed by atoms with Gasteiger partial charge in [-0.3, -0.25) is 5.32 Å². The zero-order chi connectivity index (χ0) is 13.1. The number of rotatable bonds is 3. The van der Waals surface area contributed by atoms with Crippen LogP contribution in [0, 0.1) is 6.92 Å². The normalized spacial score (nSPS) is 11.1. The maximum atomic E-state index is 11.5. The first kappa shape index (κ1) is 13.6. The molecule has 0 aromatic carbocycles. The van der Waals surface area contributed by atoms with Crippen molar-refractivity contribution in [2.45, 2.75) is 39.7 Å². The summed E-state index contributed by atoms with van der Waals surface area (Å²) < 4.78 is 5.10. The Bertz CT molecular complexity index is 421. The van der Waals surface area contributed by atoms with E-state index >= 15 is 0 Å². The van der Waals surface area contributed by atoms with E-state index in [0.717, 1.165) is 16.9 Å². The van der Waals surface area contributed by atoms with Crippen LogP contribution in [0.15, 0.2) is 0 Å². The Hall–Kier alpha value is -1.43. The number of nitrogens with one attached hydrogen (secondary N) is 1. The van der Waals surface area contributed by atoms with Crippen LogP contribution in [0.5, 0.6) is 0 Å². The van der Waals surface area contributed by atoms with Gasteiger partial charge in [0.1, 0.15) is 11.9 Å². The molecule has 0 bridgehead atoms. The third-order valence-corrected chi connectivity index (χ3v) is 2.86. The Morgan fingerprint density at radius 2 is 2.18 bits per heavy atom. The van der Waals surface area contributed by atoms with E-state index in [0.29, 0.717) is 11.6 Å². The van der Waals surface area contributed by atoms with E-state index in [9.17, 15) is 9.59 Å². The summed E-state index contributed by atoms with van der Waals surface area (Å²) in [7, 11) is 0. The average Bonchev–Trinajstić information content (AvgIpc) is 2.43. The van der Waals surface area contributed by atoms with Crippen molar-refractivity contribution in [3.05, 3.63) is 10.6 Å². The topological polar surface area (TPSA) is 68.3 Å². The highest BCUT2D eigenvalue weighted by Crippen LogP contribution is 2.23. The van der Waals surface area contributed by atoms with Crippen molar-refractivity contribution in [3.8, 4) is 0 Å². The van der Waals surface area contributed by atoms with Gasteiger partial charge in [-0.15, -0.1) is 11.3 Å². The highest BCUT2D eigenvalue weighted by molar-refractivity contribution is 7.16. The molecule has 1 heterocycles. The molecule has 1 N–H and O–H groups in total. The summed E-state index contributed by atoms with van der Waals surface area (Å²) in [5.74, 6) is 0. The molecule has 0 aliphatic carbocycles. The first-order valence-electron chi connectivity index (χ1n) is 5.22. The van der Waals surface area contributed by atoms with Gasteiger partial charge >= 0.3 is 6.09 Å². The van der Waals surface area contributed by atoms with Crippen molar-refractivity contribution in [2.24, 2.45) is 0 Å². The van der Waals surface area contributed by atoms with Gasteiger partial charge in [0.2, 0.25) is 0 Å². The first-order valence-corrected chi connectivity index (χ1v) is 6.03. The van der Waals surface area contributed by atoms with Crippen molar-refractivity contribution < 1.29 is 14.3 Å². The number of aldehydes is 1. The zero-order valence-corrected chi connectivity index (χ0v) is 11.2. The van der Waals surface area contributed by atoms with Gasteiger partial charge < -0.3 is 9.53 Å². The number of hydrogen-bond acceptors (Lipinski definition) is 5. The zero-order valence-electron chi connectivity index (χ0n) is 10.4. The fourth-order valence-corrected chi connectivity index (χ4v) is 2.03. The summed E-state index contributed by atoms with van der Waals surface area (Å²) in [5, 5.41) is 3.00. The van der Waals surface area contributed by atoms with E-state index in [1.807, 2.05) is 0 Å². The van der Waals surface area contributed by atoms with Crippen molar-refractivity contribution in [1.29, 1.82) is 0 Å². The number of aromatic nitrogens is 1. The lowest BCUT2D eigenvalue weighted by Gasteiger charge is -2.18. The lowest BCUT2D eigenvalue weighted by molar-refractivity contribution is -0.107. The molecule has 0 fully saturated rings. The third kappa shape index (κ3) is 4.52. The second-order valence-corrected chi connectivity index (χ2v) is 5.61. The van der Waals surface area contributed by atoms with Crippen molar-refractivity contribution in [2.75, 3.05) is 5.32 Å². The quantitative estimate of drug-likeness (QED) is 0.844. The molecule has 94 valence electrons. The number of amides is 1. The molecule has 5 nitrogen and oxygen atoms in total. The molecule has 0 spiro atoms. The van der Waals surface area contributed by atoms with Crippen molar-refractivity contribution in [3.63, 3.8) is 0 Å². The molecule has 0 saturated heterocycles. The molecular weight excluding hydrogens is 240 g/mol. The summed E-state index contributed by atoms with van der Waals surface area (Å²) in [4.78, 5) is 26.9. The summed E-state index contributed by atoms with van der Waals surface area (Å²) in [5.41, 5.74) is 0.218. The second-order valence-electron chi connectivity index (χ2n) is 4.53. The van der Waals surface area contributed by atoms with Crippen LogP contribution in [0.4, 0.5) is 9.93 Å². The molecule has 6 heteroatoms. The number of aryl methyl sites for hydroxylation is 1. The predicted octanol–water partition coefficient (Wildman–Crippen LogP) is 2.54. The van der Waals surface area contributed by atoms with E-state index in [4.69, 9.17) is 4.74 Å². The second kappa shape index (κ2) is 5.27. The van der Waals surface area contributed by atoms with Crippen LogP contribution in [0.2, 0.25) is 0 Å². The van der Waals surface area contributed by atoms with E-state index in [1.54, 1.807) is 27.7 Å². The molecule has 0 aliphatic heterocycles. The molecule has 0 radical (unpaired) electrons. The van der Waals surface area contributed by atoms with E-state index in [1.165, 1.54) is 11.3 Å². The van der Waals surface area contributed by atoms with Gasteiger partial charge in [0, 0.05) is 11.3 Å². The van der Waals surface area contributed by atoms with Crippen molar-refractivity contribution in [1.82, 2.24) is 4.98 Å². The predicted molar refractivity (Wildman–Crippen MR) is 66.5 cm³/mol.